The van der Waals surface area contributed by atoms with Gasteiger partial charge in [-0.2, -0.15) is 0 Å². The molecule has 0 bridgehead atoms. The average Bonchev–Trinajstić information content (AvgIpc) is 2.57. The highest BCUT2D eigenvalue weighted by atomic mass is 35.5. The summed E-state index contributed by atoms with van der Waals surface area (Å²) in [5.74, 6) is 0. The summed E-state index contributed by atoms with van der Waals surface area (Å²) in [4.78, 5) is 0. The Bertz CT molecular complexity index is 471. The Kier molecular flexibility index (Phi) is 2.80. The van der Waals surface area contributed by atoms with Crippen molar-refractivity contribution >= 4 is 34.1 Å². The van der Waals surface area contributed by atoms with Crippen LogP contribution >= 0.6 is 23.2 Å². The molecule has 14 heavy (non-hydrogen) atoms. The number of hydrogen-bond acceptors (Lipinski definition) is 0. The van der Waals surface area contributed by atoms with Gasteiger partial charge < -0.3 is 4.57 Å². The molecule has 1 heterocycles. The molecular formula is C11H9Cl2N. The molecule has 1 nitrogen and oxygen atoms in total. The van der Waals surface area contributed by atoms with Crippen LogP contribution in [0, 0.1) is 0 Å². The highest BCUT2D eigenvalue weighted by molar-refractivity contribution is 6.31. The standard InChI is InChI=1S/C11H9Cl2N/c12-5-1-6-14-7-4-9-8-10(13)2-3-11(9)14/h1-5,7-8H,6H2/b5-1+. The summed E-state index contributed by atoms with van der Waals surface area (Å²) in [7, 11) is 0. The third-order valence-corrected chi connectivity index (χ3v) is 2.54. The molecule has 0 amide bonds. The van der Waals surface area contributed by atoms with E-state index in [9.17, 15) is 0 Å². The number of hydrogen-bond donors (Lipinski definition) is 0. The molecule has 0 saturated carbocycles. The van der Waals surface area contributed by atoms with Crippen LogP contribution in [0.2, 0.25) is 5.02 Å². The van der Waals surface area contributed by atoms with Crippen molar-refractivity contribution < 1.29 is 0 Å². The minimum absolute atomic E-state index is 0.767. The molecule has 1 aromatic carbocycles. The number of halogens is 2. The Morgan fingerprint density at radius 3 is 2.93 bits per heavy atom. The van der Waals surface area contributed by atoms with E-state index in [1.54, 1.807) is 0 Å². The zero-order valence-electron chi connectivity index (χ0n) is 7.45. The van der Waals surface area contributed by atoms with E-state index in [1.165, 1.54) is 11.1 Å². The first-order valence-electron chi connectivity index (χ1n) is 4.31. The number of fused-ring (bicyclic) bond motifs is 1. The third kappa shape index (κ3) is 1.79. The van der Waals surface area contributed by atoms with Crippen LogP contribution in [0.4, 0.5) is 0 Å². The molecule has 0 unspecified atom stereocenters. The molecule has 0 fully saturated rings. The SMILES string of the molecule is Cl/C=C/Cn1ccc2cc(Cl)ccc21. The lowest BCUT2D eigenvalue weighted by Gasteiger charge is -2.00. The van der Waals surface area contributed by atoms with Gasteiger partial charge in [-0.05, 0) is 24.3 Å². The van der Waals surface area contributed by atoms with E-state index < -0.39 is 0 Å². The maximum absolute atomic E-state index is 5.89. The largest absolute Gasteiger partial charge is 0.344 e. The molecular weight excluding hydrogens is 217 g/mol. The molecule has 0 aliphatic heterocycles. The molecule has 0 aliphatic rings. The summed E-state index contributed by atoms with van der Waals surface area (Å²) in [6, 6.07) is 7.91. The van der Waals surface area contributed by atoms with Crippen LogP contribution in [0.1, 0.15) is 0 Å². The predicted octanol–water partition coefficient (Wildman–Crippen LogP) is 4.05. The average molecular weight is 226 g/mol. The Balaban J connectivity index is 2.47. The van der Waals surface area contributed by atoms with E-state index in [2.05, 4.69) is 4.57 Å². The van der Waals surface area contributed by atoms with Gasteiger partial charge in [0, 0.05) is 34.2 Å². The van der Waals surface area contributed by atoms with Gasteiger partial charge in [-0.1, -0.05) is 29.3 Å². The van der Waals surface area contributed by atoms with Gasteiger partial charge in [0.1, 0.15) is 0 Å². The molecule has 0 spiro atoms. The van der Waals surface area contributed by atoms with Gasteiger partial charge in [-0.15, -0.1) is 0 Å². The molecule has 72 valence electrons. The number of rotatable bonds is 2. The number of allylic oxidation sites excluding steroid dienone is 1. The van der Waals surface area contributed by atoms with E-state index in [1.807, 2.05) is 36.5 Å². The first-order valence-corrected chi connectivity index (χ1v) is 5.12. The van der Waals surface area contributed by atoms with E-state index in [4.69, 9.17) is 23.2 Å². The monoisotopic (exact) mass is 225 g/mol. The maximum atomic E-state index is 5.89. The fourth-order valence-electron chi connectivity index (χ4n) is 1.48. The summed E-state index contributed by atoms with van der Waals surface area (Å²) >= 11 is 11.4. The minimum atomic E-state index is 0.767. The Hall–Kier alpha value is -0.920. The highest BCUT2D eigenvalue weighted by Gasteiger charge is 1.99. The van der Waals surface area contributed by atoms with Crippen molar-refractivity contribution in [3.8, 4) is 0 Å². The van der Waals surface area contributed by atoms with Crippen LogP contribution in [-0.4, -0.2) is 4.57 Å². The third-order valence-electron chi connectivity index (χ3n) is 2.12. The van der Waals surface area contributed by atoms with E-state index in [0.29, 0.717) is 0 Å². The van der Waals surface area contributed by atoms with Gasteiger partial charge in [-0.3, -0.25) is 0 Å². The van der Waals surface area contributed by atoms with Gasteiger partial charge in [0.05, 0.1) is 0 Å². The molecule has 1 aromatic heterocycles. The van der Waals surface area contributed by atoms with Crippen molar-refractivity contribution in [3.05, 3.63) is 47.1 Å². The second kappa shape index (κ2) is 4.07. The number of nitrogens with zero attached hydrogens (tertiary/aromatic N) is 1. The second-order valence-corrected chi connectivity index (χ2v) is 3.72. The summed E-state index contributed by atoms with van der Waals surface area (Å²) in [5.41, 5.74) is 2.70. The van der Waals surface area contributed by atoms with Gasteiger partial charge in [0.15, 0.2) is 0 Å². The van der Waals surface area contributed by atoms with Gasteiger partial charge in [0.25, 0.3) is 0 Å². The Labute approximate surface area is 92.5 Å². The normalized spacial score (nSPS) is 11.6. The Morgan fingerprint density at radius 2 is 2.14 bits per heavy atom. The zero-order chi connectivity index (χ0) is 9.97. The Morgan fingerprint density at radius 1 is 1.29 bits per heavy atom. The maximum Gasteiger partial charge on any atom is 0.0484 e. The van der Waals surface area contributed by atoms with Crippen molar-refractivity contribution in [3.63, 3.8) is 0 Å². The molecule has 0 N–H and O–H groups in total. The van der Waals surface area contributed by atoms with Crippen LogP contribution in [-0.2, 0) is 6.54 Å². The number of aromatic nitrogens is 1. The first kappa shape index (κ1) is 9.63. The molecule has 2 rings (SSSR count). The lowest BCUT2D eigenvalue weighted by molar-refractivity contribution is 0.865. The van der Waals surface area contributed by atoms with Crippen molar-refractivity contribution in [1.82, 2.24) is 4.57 Å². The van der Waals surface area contributed by atoms with Crippen LogP contribution in [0.15, 0.2) is 42.1 Å². The fraction of sp³-hybridized carbons (Fsp3) is 0.0909. The second-order valence-electron chi connectivity index (χ2n) is 3.03. The van der Waals surface area contributed by atoms with E-state index >= 15 is 0 Å². The van der Waals surface area contributed by atoms with Crippen LogP contribution in [0.5, 0.6) is 0 Å². The van der Waals surface area contributed by atoms with E-state index in [0.717, 1.165) is 17.0 Å². The van der Waals surface area contributed by atoms with Gasteiger partial charge >= 0.3 is 0 Å². The van der Waals surface area contributed by atoms with Crippen LogP contribution in [0.3, 0.4) is 0 Å². The van der Waals surface area contributed by atoms with Crippen molar-refractivity contribution in [2.75, 3.05) is 0 Å². The van der Waals surface area contributed by atoms with Crippen LogP contribution in [0.25, 0.3) is 10.9 Å². The van der Waals surface area contributed by atoms with Gasteiger partial charge in [0.2, 0.25) is 0 Å². The number of benzene rings is 1. The molecule has 0 saturated heterocycles. The van der Waals surface area contributed by atoms with Crippen molar-refractivity contribution in [1.29, 1.82) is 0 Å². The molecule has 3 heteroatoms. The lowest BCUT2D eigenvalue weighted by Crippen LogP contribution is -1.91. The molecule has 2 aromatic rings. The highest BCUT2D eigenvalue weighted by Crippen LogP contribution is 2.20. The van der Waals surface area contributed by atoms with Gasteiger partial charge in [-0.25, -0.2) is 0 Å². The predicted molar refractivity (Wildman–Crippen MR) is 61.9 cm³/mol. The lowest BCUT2D eigenvalue weighted by atomic mass is 10.2. The molecule has 0 atom stereocenters. The van der Waals surface area contributed by atoms with Crippen molar-refractivity contribution in [2.45, 2.75) is 6.54 Å². The quantitative estimate of drug-likeness (QED) is 0.727. The summed E-state index contributed by atoms with van der Waals surface area (Å²) in [6.07, 6.45) is 3.92. The summed E-state index contributed by atoms with van der Waals surface area (Å²) in [6.45, 7) is 0.786. The smallest absolute Gasteiger partial charge is 0.0484 e. The zero-order valence-corrected chi connectivity index (χ0v) is 8.96. The minimum Gasteiger partial charge on any atom is -0.344 e. The summed E-state index contributed by atoms with van der Waals surface area (Å²) in [5, 5.41) is 1.92. The first-order chi connectivity index (χ1) is 6.81. The molecule has 0 aliphatic carbocycles. The van der Waals surface area contributed by atoms with Crippen molar-refractivity contribution in [2.24, 2.45) is 0 Å². The fourth-order valence-corrected chi connectivity index (χ4v) is 1.74. The summed E-state index contributed by atoms with van der Waals surface area (Å²) < 4.78 is 2.12. The van der Waals surface area contributed by atoms with Crippen LogP contribution < -0.4 is 0 Å². The molecule has 0 radical (unpaired) electrons. The van der Waals surface area contributed by atoms with E-state index in [-0.39, 0.29) is 0 Å². The topological polar surface area (TPSA) is 4.93 Å².